The van der Waals surface area contributed by atoms with Crippen molar-refractivity contribution in [3.05, 3.63) is 70.0 Å². The zero-order chi connectivity index (χ0) is 21.0. The predicted octanol–water partition coefficient (Wildman–Crippen LogP) is 3.27. The minimum atomic E-state index is -2.31. The van der Waals surface area contributed by atoms with Crippen LogP contribution in [0.15, 0.2) is 24.3 Å². The second kappa shape index (κ2) is 8.65. The van der Waals surface area contributed by atoms with Crippen molar-refractivity contribution in [2.45, 2.75) is 13.2 Å². The van der Waals surface area contributed by atoms with Crippen LogP contribution in [0.1, 0.15) is 21.5 Å². The number of hydrogen-bond donors (Lipinski definition) is 2. The molecule has 6 nitrogen and oxygen atoms in total. The van der Waals surface area contributed by atoms with Gasteiger partial charge in [-0.2, -0.15) is 0 Å². The molecule has 28 heavy (non-hydrogen) atoms. The van der Waals surface area contributed by atoms with Crippen LogP contribution in [0, 0.1) is 29.1 Å². The summed E-state index contributed by atoms with van der Waals surface area (Å²) in [5, 5.41) is 11.7. The number of carbonyl (C=O) groups excluding carboxylic acids is 2. The molecule has 0 fully saturated rings. The molecule has 0 aliphatic carbocycles. The van der Waals surface area contributed by atoms with E-state index in [1.807, 2.05) is 0 Å². The van der Waals surface area contributed by atoms with Crippen LogP contribution in [0.4, 0.5) is 26.7 Å². The summed E-state index contributed by atoms with van der Waals surface area (Å²) >= 11 is 0. The van der Waals surface area contributed by atoms with Gasteiger partial charge in [-0.3, -0.25) is 10.0 Å². The number of nitrogens with one attached hydrogen (secondary N) is 1. The Hall–Kier alpha value is -3.21. The molecule has 0 unspecified atom stereocenters. The van der Waals surface area contributed by atoms with Crippen LogP contribution in [0.2, 0.25) is 0 Å². The average Bonchev–Trinajstić information content (AvgIpc) is 2.69. The lowest BCUT2D eigenvalue weighted by molar-refractivity contribution is -0.0374. The highest BCUT2D eigenvalue weighted by molar-refractivity contribution is 5.93. The molecule has 2 aromatic carbocycles. The molecular formula is C17H13F5N2O4. The lowest BCUT2D eigenvalue weighted by Crippen LogP contribution is -2.24. The van der Waals surface area contributed by atoms with Gasteiger partial charge in [0, 0.05) is 19.2 Å². The Bertz CT molecular complexity index is 874. The molecule has 0 aliphatic rings. The average molecular weight is 404 g/mol. The summed E-state index contributed by atoms with van der Waals surface area (Å²) in [6.07, 6.45) is -1.17. The van der Waals surface area contributed by atoms with E-state index in [-0.39, 0.29) is 12.1 Å². The number of benzene rings is 2. The lowest BCUT2D eigenvalue weighted by atomic mass is 10.1. The predicted molar refractivity (Wildman–Crippen MR) is 83.6 cm³/mol. The normalized spacial score (nSPS) is 10.5. The van der Waals surface area contributed by atoms with E-state index < -0.39 is 53.3 Å². The van der Waals surface area contributed by atoms with Crippen molar-refractivity contribution in [3.8, 4) is 0 Å². The maximum absolute atomic E-state index is 13.5. The summed E-state index contributed by atoms with van der Waals surface area (Å²) in [6.45, 7) is -1.28. The van der Waals surface area contributed by atoms with E-state index in [0.717, 1.165) is 7.05 Å². The van der Waals surface area contributed by atoms with Gasteiger partial charge in [0.05, 0.1) is 5.56 Å². The minimum Gasteiger partial charge on any atom is -0.444 e. The highest BCUT2D eigenvalue weighted by atomic mass is 19.2. The van der Waals surface area contributed by atoms with Gasteiger partial charge in [-0.15, -0.1) is 0 Å². The number of amides is 2. The van der Waals surface area contributed by atoms with Gasteiger partial charge in [0.15, 0.2) is 23.3 Å². The Morgan fingerprint density at radius 2 is 1.46 bits per heavy atom. The van der Waals surface area contributed by atoms with Gasteiger partial charge < -0.3 is 10.1 Å². The Kier molecular flexibility index (Phi) is 6.52. The largest absolute Gasteiger partial charge is 0.444 e. The maximum atomic E-state index is 13.5. The first-order chi connectivity index (χ1) is 13.1. The van der Waals surface area contributed by atoms with Crippen molar-refractivity contribution in [3.63, 3.8) is 0 Å². The van der Waals surface area contributed by atoms with Gasteiger partial charge >= 0.3 is 6.09 Å². The Labute approximate surface area is 155 Å². The SMILES string of the molecule is CN(O)C(=O)c1ccc(CNC(=O)OCc2c(F)c(F)c(F)c(F)c2F)cc1. The van der Waals surface area contributed by atoms with Gasteiger partial charge in [0.25, 0.3) is 5.91 Å². The van der Waals surface area contributed by atoms with Crippen LogP contribution < -0.4 is 5.32 Å². The first-order valence-electron chi connectivity index (χ1n) is 7.60. The number of rotatable bonds is 5. The van der Waals surface area contributed by atoms with Crippen LogP contribution in [-0.2, 0) is 17.9 Å². The quantitative estimate of drug-likeness (QED) is 0.264. The summed E-state index contributed by atoms with van der Waals surface area (Å²) in [7, 11) is 1.15. The number of hydrogen-bond acceptors (Lipinski definition) is 4. The molecular weight excluding hydrogens is 391 g/mol. The number of carbonyl (C=O) groups is 2. The zero-order valence-electron chi connectivity index (χ0n) is 14.2. The molecule has 0 saturated heterocycles. The van der Waals surface area contributed by atoms with Crippen molar-refractivity contribution >= 4 is 12.0 Å². The summed E-state index contributed by atoms with van der Waals surface area (Å²) in [5.41, 5.74) is -0.587. The van der Waals surface area contributed by atoms with Gasteiger partial charge in [-0.25, -0.2) is 31.8 Å². The first-order valence-corrected chi connectivity index (χ1v) is 7.60. The Morgan fingerprint density at radius 3 is 1.96 bits per heavy atom. The third-order valence-electron chi connectivity index (χ3n) is 3.58. The van der Waals surface area contributed by atoms with Crippen molar-refractivity contribution in [1.29, 1.82) is 0 Å². The monoisotopic (exact) mass is 404 g/mol. The summed E-state index contributed by atoms with van der Waals surface area (Å²) in [4.78, 5) is 23.1. The highest BCUT2D eigenvalue weighted by Crippen LogP contribution is 2.23. The molecule has 2 rings (SSSR count). The third-order valence-corrected chi connectivity index (χ3v) is 3.58. The molecule has 2 N–H and O–H groups in total. The number of nitrogens with zero attached hydrogens (tertiary/aromatic N) is 1. The van der Waals surface area contributed by atoms with Gasteiger partial charge in [-0.1, -0.05) is 12.1 Å². The second-order valence-corrected chi connectivity index (χ2v) is 5.50. The van der Waals surface area contributed by atoms with Crippen LogP contribution in [0.3, 0.4) is 0 Å². The standard InChI is InChI=1S/C17H13F5N2O4/c1-24(27)16(25)9-4-2-8(3-5-9)6-23-17(26)28-7-10-11(18)13(20)15(22)14(21)12(10)19/h2-5,27H,6-7H2,1H3,(H,23,26). The molecule has 0 aliphatic heterocycles. The van der Waals surface area contributed by atoms with Crippen molar-refractivity contribution in [2.75, 3.05) is 7.05 Å². The summed E-state index contributed by atoms with van der Waals surface area (Å²) in [5.74, 6) is -11.4. The maximum Gasteiger partial charge on any atom is 0.407 e. The molecule has 0 aromatic heterocycles. The van der Waals surface area contributed by atoms with E-state index in [0.29, 0.717) is 10.6 Å². The molecule has 0 spiro atoms. The van der Waals surface area contributed by atoms with Crippen molar-refractivity contribution in [2.24, 2.45) is 0 Å². The molecule has 11 heteroatoms. The van der Waals surface area contributed by atoms with E-state index in [1.54, 1.807) is 0 Å². The Balaban J connectivity index is 1.95. The van der Waals surface area contributed by atoms with Crippen LogP contribution >= 0.6 is 0 Å². The van der Waals surface area contributed by atoms with Crippen molar-refractivity contribution in [1.82, 2.24) is 10.4 Å². The van der Waals surface area contributed by atoms with E-state index in [4.69, 9.17) is 5.21 Å². The van der Waals surface area contributed by atoms with E-state index >= 15 is 0 Å². The smallest absolute Gasteiger partial charge is 0.407 e. The first kappa shape index (κ1) is 21.1. The van der Waals surface area contributed by atoms with Crippen LogP contribution in [-0.4, -0.2) is 29.3 Å². The highest BCUT2D eigenvalue weighted by Gasteiger charge is 2.26. The fourth-order valence-corrected chi connectivity index (χ4v) is 2.09. The molecule has 0 saturated carbocycles. The van der Waals surface area contributed by atoms with Gasteiger partial charge in [0.2, 0.25) is 5.82 Å². The topological polar surface area (TPSA) is 78.9 Å². The lowest BCUT2D eigenvalue weighted by Gasteiger charge is -2.11. The van der Waals surface area contributed by atoms with Crippen LogP contribution in [0.5, 0.6) is 0 Å². The molecule has 0 atom stereocenters. The fourth-order valence-electron chi connectivity index (χ4n) is 2.09. The summed E-state index contributed by atoms with van der Waals surface area (Å²) in [6, 6.07) is 5.68. The molecule has 0 bridgehead atoms. The molecule has 2 aromatic rings. The second-order valence-electron chi connectivity index (χ2n) is 5.50. The molecule has 2 amide bonds. The minimum absolute atomic E-state index is 0.112. The number of halogens is 5. The molecule has 0 radical (unpaired) electrons. The van der Waals surface area contributed by atoms with E-state index in [9.17, 15) is 31.5 Å². The van der Waals surface area contributed by atoms with Gasteiger partial charge in [0.1, 0.15) is 6.61 Å². The number of hydroxylamine groups is 2. The zero-order valence-corrected chi connectivity index (χ0v) is 14.2. The molecule has 0 heterocycles. The third kappa shape index (κ3) is 4.55. The fraction of sp³-hybridized carbons (Fsp3) is 0.176. The summed E-state index contributed by atoms with van der Waals surface area (Å²) < 4.78 is 70.5. The van der Waals surface area contributed by atoms with E-state index in [2.05, 4.69) is 10.1 Å². The van der Waals surface area contributed by atoms with E-state index in [1.165, 1.54) is 24.3 Å². The Morgan fingerprint density at radius 1 is 0.964 bits per heavy atom. The van der Waals surface area contributed by atoms with Gasteiger partial charge in [-0.05, 0) is 17.7 Å². The number of ether oxygens (including phenoxy) is 1. The number of alkyl carbamates (subject to hydrolysis) is 1. The van der Waals surface area contributed by atoms with Crippen LogP contribution in [0.25, 0.3) is 0 Å². The molecule has 150 valence electrons. The van der Waals surface area contributed by atoms with Crippen molar-refractivity contribution < 1.29 is 41.5 Å².